The first-order chi connectivity index (χ1) is 6.07. The first-order valence-corrected chi connectivity index (χ1v) is 3.74. The number of ether oxygens (including phenoxy) is 1. The Kier molecular flexibility index (Phi) is 1.80. The van der Waals surface area contributed by atoms with Gasteiger partial charge in [-0.1, -0.05) is 0 Å². The third kappa shape index (κ3) is 1.53. The SMILES string of the molecule is FC(F)(F)C1Cn2cncc2CO1. The molecule has 3 nitrogen and oxygen atoms in total. The van der Waals surface area contributed by atoms with Crippen molar-refractivity contribution in [3.05, 3.63) is 18.2 Å². The lowest BCUT2D eigenvalue weighted by Crippen LogP contribution is -2.38. The second kappa shape index (κ2) is 2.73. The van der Waals surface area contributed by atoms with Crippen LogP contribution >= 0.6 is 0 Å². The molecule has 0 radical (unpaired) electrons. The van der Waals surface area contributed by atoms with E-state index < -0.39 is 12.3 Å². The number of alkyl halides is 3. The van der Waals surface area contributed by atoms with E-state index in [1.165, 1.54) is 17.1 Å². The summed E-state index contributed by atoms with van der Waals surface area (Å²) in [5.41, 5.74) is 0.681. The largest absolute Gasteiger partial charge is 0.416 e. The first-order valence-electron chi connectivity index (χ1n) is 3.74. The monoisotopic (exact) mass is 192 g/mol. The van der Waals surface area contributed by atoms with E-state index >= 15 is 0 Å². The minimum Gasteiger partial charge on any atom is -0.361 e. The Morgan fingerprint density at radius 3 is 3.00 bits per heavy atom. The Morgan fingerprint density at radius 1 is 1.54 bits per heavy atom. The van der Waals surface area contributed by atoms with Gasteiger partial charge < -0.3 is 9.30 Å². The molecular weight excluding hydrogens is 185 g/mol. The van der Waals surface area contributed by atoms with Gasteiger partial charge in [-0.15, -0.1) is 0 Å². The zero-order chi connectivity index (χ0) is 9.47. The average molecular weight is 192 g/mol. The minimum absolute atomic E-state index is 0.0236. The summed E-state index contributed by atoms with van der Waals surface area (Å²) in [6.07, 6.45) is -3.10. The number of imidazole rings is 1. The molecule has 1 aliphatic heterocycles. The van der Waals surface area contributed by atoms with Crippen molar-refractivity contribution in [3.63, 3.8) is 0 Å². The third-order valence-corrected chi connectivity index (χ3v) is 1.96. The molecule has 72 valence electrons. The van der Waals surface area contributed by atoms with Crippen molar-refractivity contribution in [3.8, 4) is 0 Å². The molecule has 0 bridgehead atoms. The standard InChI is InChI=1S/C7H7F3N2O/c8-7(9,10)6-2-12-4-11-1-5(12)3-13-6/h1,4,6H,2-3H2. The van der Waals surface area contributed by atoms with Crippen molar-refractivity contribution in [2.75, 3.05) is 0 Å². The fraction of sp³-hybridized carbons (Fsp3) is 0.571. The van der Waals surface area contributed by atoms with Gasteiger partial charge in [-0.3, -0.25) is 0 Å². The highest BCUT2D eigenvalue weighted by atomic mass is 19.4. The molecule has 0 saturated carbocycles. The van der Waals surface area contributed by atoms with E-state index in [1.54, 1.807) is 0 Å². The smallest absolute Gasteiger partial charge is 0.361 e. The molecule has 1 aliphatic rings. The summed E-state index contributed by atoms with van der Waals surface area (Å²) >= 11 is 0. The van der Waals surface area contributed by atoms with Gasteiger partial charge in [0.05, 0.1) is 31.4 Å². The molecule has 2 rings (SSSR count). The van der Waals surface area contributed by atoms with Crippen LogP contribution in [0.15, 0.2) is 12.5 Å². The molecule has 0 amide bonds. The number of aromatic nitrogens is 2. The van der Waals surface area contributed by atoms with Crippen molar-refractivity contribution >= 4 is 0 Å². The Labute approximate surface area is 72.1 Å². The molecule has 13 heavy (non-hydrogen) atoms. The van der Waals surface area contributed by atoms with Crippen molar-refractivity contribution in [2.24, 2.45) is 0 Å². The van der Waals surface area contributed by atoms with E-state index in [0.717, 1.165) is 0 Å². The average Bonchev–Trinajstić information content (AvgIpc) is 2.47. The second-order valence-electron chi connectivity index (χ2n) is 2.88. The van der Waals surface area contributed by atoms with Crippen LogP contribution in [0.1, 0.15) is 5.69 Å². The number of hydrogen-bond donors (Lipinski definition) is 0. The first kappa shape index (κ1) is 8.55. The fourth-order valence-corrected chi connectivity index (χ4v) is 1.25. The van der Waals surface area contributed by atoms with Crippen LogP contribution in [-0.4, -0.2) is 21.8 Å². The highest BCUT2D eigenvalue weighted by Crippen LogP contribution is 2.27. The topological polar surface area (TPSA) is 27.1 Å². The predicted molar refractivity (Wildman–Crippen MR) is 36.9 cm³/mol. The summed E-state index contributed by atoms with van der Waals surface area (Å²) in [5.74, 6) is 0. The maximum absolute atomic E-state index is 12.2. The van der Waals surface area contributed by atoms with E-state index in [-0.39, 0.29) is 13.2 Å². The maximum atomic E-state index is 12.2. The van der Waals surface area contributed by atoms with E-state index in [9.17, 15) is 13.2 Å². The van der Waals surface area contributed by atoms with E-state index in [0.29, 0.717) is 5.69 Å². The van der Waals surface area contributed by atoms with Crippen LogP contribution in [0.2, 0.25) is 0 Å². The number of halogens is 3. The zero-order valence-corrected chi connectivity index (χ0v) is 6.58. The molecule has 0 aromatic carbocycles. The number of rotatable bonds is 0. The highest BCUT2D eigenvalue weighted by Gasteiger charge is 2.42. The molecule has 0 spiro atoms. The molecule has 0 fully saturated rings. The highest BCUT2D eigenvalue weighted by molar-refractivity contribution is 4.99. The normalized spacial score (nSPS) is 22.8. The van der Waals surface area contributed by atoms with Gasteiger partial charge in [0, 0.05) is 0 Å². The minimum atomic E-state index is -4.29. The van der Waals surface area contributed by atoms with Crippen LogP contribution in [0.5, 0.6) is 0 Å². The Hall–Kier alpha value is -1.04. The van der Waals surface area contributed by atoms with Gasteiger partial charge >= 0.3 is 6.18 Å². The Bertz CT molecular complexity index is 307. The molecule has 1 aromatic heterocycles. The lowest BCUT2D eigenvalue weighted by Gasteiger charge is -2.26. The summed E-state index contributed by atoms with van der Waals surface area (Å²) in [5, 5.41) is 0. The molecular formula is C7H7F3N2O. The lowest BCUT2D eigenvalue weighted by molar-refractivity contribution is -0.233. The number of hydrogen-bond acceptors (Lipinski definition) is 2. The number of fused-ring (bicyclic) bond motifs is 1. The zero-order valence-electron chi connectivity index (χ0n) is 6.58. The maximum Gasteiger partial charge on any atom is 0.416 e. The van der Waals surface area contributed by atoms with Gasteiger partial charge in [0.25, 0.3) is 0 Å². The van der Waals surface area contributed by atoms with Gasteiger partial charge in [0.15, 0.2) is 6.10 Å². The van der Waals surface area contributed by atoms with E-state index in [4.69, 9.17) is 0 Å². The molecule has 1 atom stereocenters. The van der Waals surface area contributed by atoms with E-state index in [1.807, 2.05) is 0 Å². The number of nitrogens with zero attached hydrogens (tertiary/aromatic N) is 2. The Balaban J connectivity index is 2.18. The van der Waals surface area contributed by atoms with Crippen LogP contribution in [0.25, 0.3) is 0 Å². The van der Waals surface area contributed by atoms with Crippen LogP contribution in [-0.2, 0) is 17.9 Å². The molecule has 0 saturated heterocycles. The summed E-state index contributed by atoms with van der Waals surface area (Å²) in [6.45, 7) is -0.219. The van der Waals surface area contributed by atoms with Gasteiger partial charge in [-0.25, -0.2) is 4.98 Å². The third-order valence-electron chi connectivity index (χ3n) is 1.96. The fourth-order valence-electron chi connectivity index (χ4n) is 1.25. The van der Waals surface area contributed by atoms with Crippen LogP contribution < -0.4 is 0 Å². The van der Waals surface area contributed by atoms with Gasteiger partial charge in [0.1, 0.15) is 0 Å². The van der Waals surface area contributed by atoms with Gasteiger partial charge in [0.2, 0.25) is 0 Å². The van der Waals surface area contributed by atoms with E-state index in [2.05, 4.69) is 9.72 Å². The molecule has 1 unspecified atom stereocenters. The van der Waals surface area contributed by atoms with Crippen LogP contribution in [0.4, 0.5) is 13.2 Å². The van der Waals surface area contributed by atoms with Gasteiger partial charge in [-0.2, -0.15) is 13.2 Å². The Morgan fingerprint density at radius 2 is 2.31 bits per heavy atom. The van der Waals surface area contributed by atoms with Gasteiger partial charge in [-0.05, 0) is 0 Å². The van der Waals surface area contributed by atoms with Crippen LogP contribution in [0, 0.1) is 0 Å². The second-order valence-corrected chi connectivity index (χ2v) is 2.88. The predicted octanol–water partition coefficient (Wildman–Crippen LogP) is 1.34. The van der Waals surface area contributed by atoms with Crippen molar-refractivity contribution < 1.29 is 17.9 Å². The van der Waals surface area contributed by atoms with Crippen molar-refractivity contribution in [1.82, 2.24) is 9.55 Å². The molecule has 6 heteroatoms. The summed E-state index contributed by atoms with van der Waals surface area (Å²) in [4.78, 5) is 3.74. The van der Waals surface area contributed by atoms with Crippen LogP contribution in [0.3, 0.4) is 0 Å². The van der Waals surface area contributed by atoms with Crippen molar-refractivity contribution in [2.45, 2.75) is 25.4 Å². The lowest BCUT2D eigenvalue weighted by atomic mass is 10.3. The quantitative estimate of drug-likeness (QED) is 0.620. The molecule has 0 aliphatic carbocycles. The molecule has 2 heterocycles. The molecule has 0 N–H and O–H groups in total. The van der Waals surface area contributed by atoms with Crippen molar-refractivity contribution in [1.29, 1.82) is 0 Å². The molecule has 1 aromatic rings. The summed E-state index contributed by atoms with van der Waals surface area (Å²) in [7, 11) is 0. The summed E-state index contributed by atoms with van der Waals surface area (Å²) in [6, 6.07) is 0. The summed E-state index contributed by atoms with van der Waals surface area (Å²) < 4.78 is 42.6.